The number of rotatable bonds is 6. The van der Waals surface area contributed by atoms with E-state index in [9.17, 15) is 4.79 Å². The molecule has 1 aromatic carbocycles. The third-order valence-electron chi connectivity index (χ3n) is 3.37. The Hall–Kier alpha value is -2.56. The summed E-state index contributed by atoms with van der Waals surface area (Å²) in [5, 5.41) is 6.11. The Kier molecular flexibility index (Phi) is 5.36. The molecule has 116 valence electrons. The third-order valence-corrected chi connectivity index (χ3v) is 3.37. The summed E-state index contributed by atoms with van der Waals surface area (Å²) in [6.45, 7) is 3.99. The van der Waals surface area contributed by atoms with Crippen molar-refractivity contribution in [2.24, 2.45) is 0 Å². The van der Waals surface area contributed by atoms with Crippen molar-refractivity contribution in [3.63, 3.8) is 0 Å². The minimum absolute atomic E-state index is 0.140. The van der Waals surface area contributed by atoms with Gasteiger partial charge in [0.2, 0.25) is 0 Å². The maximum absolute atomic E-state index is 12.0. The molecule has 0 radical (unpaired) electrons. The van der Waals surface area contributed by atoms with E-state index in [-0.39, 0.29) is 11.9 Å². The van der Waals surface area contributed by atoms with Crippen LogP contribution in [0.4, 0.5) is 11.4 Å². The Morgan fingerprint density at radius 3 is 2.68 bits per heavy atom. The Labute approximate surface area is 130 Å². The molecule has 22 heavy (non-hydrogen) atoms. The van der Waals surface area contributed by atoms with E-state index in [4.69, 9.17) is 4.74 Å². The number of methoxy groups -OCH3 is 1. The van der Waals surface area contributed by atoms with Crippen molar-refractivity contribution in [1.29, 1.82) is 0 Å². The van der Waals surface area contributed by atoms with Crippen molar-refractivity contribution in [1.82, 2.24) is 10.3 Å². The molecule has 2 aromatic rings. The number of anilines is 2. The molecule has 1 amide bonds. The number of hydrogen-bond acceptors (Lipinski definition) is 4. The fourth-order valence-corrected chi connectivity index (χ4v) is 1.91. The predicted octanol–water partition coefficient (Wildman–Crippen LogP) is 3.36. The van der Waals surface area contributed by atoms with Gasteiger partial charge in [-0.3, -0.25) is 4.79 Å². The molecule has 5 nitrogen and oxygen atoms in total. The van der Waals surface area contributed by atoms with E-state index in [0.717, 1.165) is 23.5 Å². The van der Waals surface area contributed by atoms with Crippen LogP contribution in [0.3, 0.4) is 0 Å². The second kappa shape index (κ2) is 7.45. The Bertz CT molecular complexity index is 626. The number of carbonyl (C=O) groups excluding carboxylic acids is 1. The molecular formula is C17H21N3O2. The highest BCUT2D eigenvalue weighted by Gasteiger charge is 2.10. The van der Waals surface area contributed by atoms with Gasteiger partial charge in [-0.15, -0.1) is 0 Å². The average molecular weight is 299 g/mol. The Morgan fingerprint density at radius 2 is 2.05 bits per heavy atom. The zero-order valence-electron chi connectivity index (χ0n) is 13.1. The first-order chi connectivity index (χ1) is 10.6. The number of benzene rings is 1. The van der Waals surface area contributed by atoms with Crippen LogP contribution in [0.25, 0.3) is 0 Å². The summed E-state index contributed by atoms with van der Waals surface area (Å²) >= 11 is 0. The lowest BCUT2D eigenvalue weighted by molar-refractivity contribution is 0.0934. The zero-order chi connectivity index (χ0) is 15.9. The fraction of sp³-hybridized carbons (Fsp3) is 0.294. The van der Waals surface area contributed by atoms with Crippen molar-refractivity contribution in [2.75, 3.05) is 12.4 Å². The van der Waals surface area contributed by atoms with E-state index in [1.54, 1.807) is 19.4 Å². The summed E-state index contributed by atoms with van der Waals surface area (Å²) in [7, 11) is 1.63. The van der Waals surface area contributed by atoms with E-state index in [0.29, 0.717) is 5.69 Å². The first kappa shape index (κ1) is 15.8. The first-order valence-corrected chi connectivity index (χ1v) is 7.31. The van der Waals surface area contributed by atoms with Gasteiger partial charge in [0, 0.05) is 6.04 Å². The van der Waals surface area contributed by atoms with Crippen LogP contribution in [0.15, 0.2) is 42.6 Å². The molecule has 0 spiro atoms. The van der Waals surface area contributed by atoms with Gasteiger partial charge in [0.05, 0.1) is 24.7 Å². The minimum Gasteiger partial charge on any atom is -0.495 e. The van der Waals surface area contributed by atoms with Crippen molar-refractivity contribution in [2.45, 2.75) is 26.3 Å². The minimum atomic E-state index is -0.154. The highest BCUT2D eigenvalue weighted by molar-refractivity contribution is 5.92. The highest BCUT2D eigenvalue weighted by Crippen LogP contribution is 2.26. The summed E-state index contributed by atoms with van der Waals surface area (Å²) < 4.78 is 5.29. The van der Waals surface area contributed by atoms with Gasteiger partial charge in [0.15, 0.2) is 0 Å². The number of aromatic nitrogens is 1. The van der Waals surface area contributed by atoms with Crippen molar-refractivity contribution >= 4 is 17.3 Å². The number of para-hydroxylation sites is 2. The molecule has 2 N–H and O–H groups in total. The van der Waals surface area contributed by atoms with Crippen LogP contribution in [-0.4, -0.2) is 24.0 Å². The lowest BCUT2D eigenvalue weighted by atomic mass is 10.2. The van der Waals surface area contributed by atoms with Gasteiger partial charge in [-0.25, -0.2) is 4.98 Å². The van der Waals surface area contributed by atoms with Gasteiger partial charge in [0.25, 0.3) is 5.91 Å². The van der Waals surface area contributed by atoms with Crippen molar-refractivity contribution in [3.8, 4) is 5.75 Å². The summed E-state index contributed by atoms with van der Waals surface area (Å²) in [5.41, 5.74) is 2.05. The first-order valence-electron chi connectivity index (χ1n) is 7.31. The smallest absolute Gasteiger partial charge is 0.270 e. The van der Waals surface area contributed by atoms with Crippen LogP contribution in [-0.2, 0) is 0 Å². The molecule has 0 aliphatic carbocycles. The normalized spacial score (nSPS) is 11.6. The van der Waals surface area contributed by atoms with E-state index in [1.807, 2.05) is 44.2 Å². The van der Waals surface area contributed by atoms with Crippen LogP contribution in [0.2, 0.25) is 0 Å². The van der Waals surface area contributed by atoms with Gasteiger partial charge in [-0.05, 0) is 37.6 Å². The number of ether oxygens (including phenoxy) is 1. The molecule has 0 saturated carbocycles. The lowest BCUT2D eigenvalue weighted by Crippen LogP contribution is -2.32. The highest BCUT2D eigenvalue weighted by atomic mass is 16.5. The van der Waals surface area contributed by atoms with Gasteiger partial charge in [0.1, 0.15) is 11.4 Å². The largest absolute Gasteiger partial charge is 0.495 e. The summed E-state index contributed by atoms with van der Waals surface area (Å²) in [5.74, 6) is 0.597. The summed E-state index contributed by atoms with van der Waals surface area (Å²) in [4.78, 5) is 16.2. The number of amides is 1. The number of carbonyl (C=O) groups is 1. The molecule has 1 unspecified atom stereocenters. The summed E-state index contributed by atoms with van der Waals surface area (Å²) in [6, 6.07) is 11.3. The topological polar surface area (TPSA) is 63.2 Å². The maximum Gasteiger partial charge on any atom is 0.270 e. The molecule has 0 aliphatic heterocycles. The number of hydrogen-bond donors (Lipinski definition) is 2. The van der Waals surface area contributed by atoms with Crippen LogP contribution < -0.4 is 15.4 Å². The number of pyridine rings is 1. The average Bonchev–Trinajstić information content (AvgIpc) is 2.55. The second-order valence-corrected chi connectivity index (χ2v) is 5.04. The third kappa shape index (κ3) is 3.97. The molecule has 2 rings (SSSR count). The van der Waals surface area contributed by atoms with Crippen LogP contribution >= 0.6 is 0 Å². The summed E-state index contributed by atoms with van der Waals surface area (Å²) in [6.07, 6.45) is 2.52. The van der Waals surface area contributed by atoms with Gasteiger partial charge in [-0.2, -0.15) is 0 Å². The van der Waals surface area contributed by atoms with Crippen LogP contribution in [0.5, 0.6) is 5.75 Å². The van der Waals surface area contributed by atoms with Gasteiger partial charge in [-0.1, -0.05) is 19.1 Å². The molecule has 1 heterocycles. The molecule has 0 aliphatic rings. The molecule has 0 saturated heterocycles. The molecule has 1 aromatic heterocycles. The van der Waals surface area contributed by atoms with Crippen molar-refractivity contribution < 1.29 is 9.53 Å². The second-order valence-electron chi connectivity index (χ2n) is 5.04. The maximum atomic E-state index is 12.0. The standard InChI is InChI=1S/C17H21N3O2/c1-4-12(2)19-17(21)15-10-9-13(11-18-15)20-14-7-5-6-8-16(14)22-3/h5-12,20H,4H2,1-3H3,(H,19,21). The quantitative estimate of drug-likeness (QED) is 0.858. The van der Waals surface area contributed by atoms with E-state index < -0.39 is 0 Å². The molecule has 0 fully saturated rings. The molecular weight excluding hydrogens is 278 g/mol. The van der Waals surface area contributed by atoms with E-state index in [2.05, 4.69) is 15.6 Å². The van der Waals surface area contributed by atoms with E-state index in [1.165, 1.54) is 0 Å². The van der Waals surface area contributed by atoms with Gasteiger partial charge >= 0.3 is 0 Å². The monoisotopic (exact) mass is 299 g/mol. The van der Waals surface area contributed by atoms with Crippen LogP contribution in [0.1, 0.15) is 30.8 Å². The number of nitrogens with zero attached hydrogens (tertiary/aromatic N) is 1. The lowest BCUT2D eigenvalue weighted by Gasteiger charge is -2.12. The molecule has 1 atom stereocenters. The Morgan fingerprint density at radius 1 is 1.27 bits per heavy atom. The van der Waals surface area contributed by atoms with Crippen molar-refractivity contribution in [3.05, 3.63) is 48.3 Å². The SMILES string of the molecule is CCC(C)NC(=O)c1ccc(Nc2ccccc2OC)cn1. The van der Waals surface area contributed by atoms with Crippen LogP contribution in [0, 0.1) is 0 Å². The zero-order valence-corrected chi connectivity index (χ0v) is 13.1. The van der Waals surface area contributed by atoms with Gasteiger partial charge < -0.3 is 15.4 Å². The molecule has 5 heteroatoms. The Balaban J connectivity index is 2.07. The molecule has 0 bridgehead atoms. The predicted molar refractivity (Wildman–Crippen MR) is 87.7 cm³/mol. The fourth-order valence-electron chi connectivity index (χ4n) is 1.91. The number of nitrogens with one attached hydrogen (secondary N) is 2. The van der Waals surface area contributed by atoms with E-state index >= 15 is 0 Å².